The van der Waals surface area contributed by atoms with Crippen molar-refractivity contribution in [2.24, 2.45) is 0 Å². The smallest absolute Gasteiger partial charge is 0.353 e. The van der Waals surface area contributed by atoms with Crippen LogP contribution in [0, 0.1) is 6.92 Å². The molecule has 0 fully saturated rings. The molecule has 0 saturated heterocycles. The number of H-pyrrole nitrogens is 2. The van der Waals surface area contributed by atoms with E-state index < -0.39 is 5.97 Å². The van der Waals surface area contributed by atoms with E-state index >= 15 is 0 Å². The van der Waals surface area contributed by atoms with Crippen molar-refractivity contribution < 1.29 is 9.90 Å². The molecular formula is C13H11N3O2. The van der Waals surface area contributed by atoms with Crippen molar-refractivity contribution in [3.63, 3.8) is 0 Å². The lowest BCUT2D eigenvalue weighted by molar-refractivity contribution is 0.0690. The zero-order chi connectivity index (χ0) is 12.7. The third-order valence-electron chi connectivity index (χ3n) is 3.01. The summed E-state index contributed by atoms with van der Waals surface area (Å²) in [5.74, 6) is -1.01. The summed E-state index contributed by atoms with van der Waals surface area (Å²) in [6.07, 6.45) is 1.85. The van der Waals surface area contributed by atoms with Crippen LogP contribution in [-0.2, 0) is 0 Å². The molecule has 3 aromatic rings. The number of para-hydroxylation sites is 1. The van der Waals surface area contributed by atoms with Gasteiger partial charge in [0.15, 0.2) is 0 Å². The van der Waals surface area contributed by atoms with E-state index in [9.17, 15) is 4.79 Å². The molecule has 5 heteroatoms. The number of nitrogens with zero attached hydrogens (tertiary/aromatic N) is 1. The third kappa shape index (κ3) is 1.48. The summed E-state index contributed by atoms with van der Waals surface area (Å²) in [4.78, 5) is 14.0. The van der Waals surface area contributed by atoms with E-state index in [1.165, 1.54) is 6.07 Å². The van der Waals surface area contributed by atoms with Crippen molar-refractivity contribution in [3.8, 4) is 11.3 Å². The first kappa shape index (κ1) is 10.6. The highest BCUT2D eigenvalue weighted by Gasteiger charge is 2.13. The predicted octanol–water partition coefficient (Wildman–Crippen LogP) is 2.56. The van der Waals surface area contributed by atoms with Gasteiger partial charge in [0.2, 0.25) is 0 Å². The molecule has 2 aromatic heterocycles. The summed E-state index contributed by atoms with van der Waals surface area (Å²) in [6.45, 7) is 2.02. The molecule has 2 heterocycles. The molecule has 0 radical (unpaired) electrons. The second-order valence-corrected chi connectivity index (χ2v) is 4.17. The zero-order valence-corrected chi connectivity index (χ0v) is 9.69. The molecule has 0 bridgehead atoms. The van der Waals surface area contributed by atoms with Crippen LogP contribution in [0.2, 0.25) is 0 Å². The molecule has 90 valence electrons. The highest BCUT2D eigenvalue weighted by atomic mass is 16.4. The molecule has 3 rings (SSSR count). The van der Waals surface area contributed by atoms with E-state index in [2.05, 4.69) is 15.2 Å². The van der Waals surface area contributed by atoms with E-state index in [1.54, 1.807) is 0 Å². The third-order valence-corrected chi connectivity index (χ3v) is 3.01. The molecule has 3 N–H and O–H groups in total. The molecule has 0 aliphatic heterocycles. The molecule has 18 heavy (non-hydrogen) atoms. The van der Waals surface area contributed by atoms with Crippen molar-refractivity contribution in [3.05, 3.63) is 41.7 Å². The van der Waals surface area contributed by atoms with E-state index in [0.29, 0.717) is 5.69 Å². The van der Waals surface area contributed by atoms with Gasteiger partial charge < -0.3 is 10.1 Å². The first-order chi connectivity index (χ1) is 8.66. The Morgan fingerprint density at radius 3 is 2.94 bits per heavy atom. The standard InChI is InChI=1S/C13H11N3O2/c1-7-3-2-4-8-9(6-14-12(7)8)10-5-11(13(17)18)16-15-10/h2-6,14H,1H3,(H,15,16)(H,17,18). The summed E-state index contributed by atoms with van der Waals surface area (Å²) in [7, 11) is 0. The molecule has 0 saturated carbocycles. The predicted molar refractivity (Wildman–Crippen MR) is 67.6 cm³/mol. The highest BCUT2D eigenvalue weighted by Crippen LogP contribution is 2.29. The van der Waals surface area contributed by atoms with Gasteiger partial charge in [-0.1, -0.05) is 18.2 Å². The van der Waals surface area contributed by atoms with Gasteiger partial charge in [0, 0.05) is 22.7 Å². The van der Waals surface area contributed by atoms with Crippen molar-refractivity contribution in [1.29, 1.82) is 0 Å². The van der Waals surface area contributed by atoms with Crippen molar-refractivity contribution in [1.82, 2.24) is 15.2 Å². The van der Waals surface area contributed by atoms with Gasteiger partial charge in [-0.25, -0.2) is 4.79 Å². The summed E-state index contributed by atoms with van der Waals surface area (Å²) < 4.78 is 0. The Hall–Kier alpha value is -2.56. The fraction of sp³-hybridized carbons (Fsp3) is 0.0769. The molecule has 1 aromatic carbocycles. The van der Waals surface area contributed by atoms with Crippen LogP contribution in [0.3, 0.4) is 0 Å². The molecule has 0 unspecified atom stereocenters. The van der Waals surface area contributed by atoms with Crippen LogP contribution in [0.25, 0.3) is 22.2 Å². The summed E-state index contributed by atoms with van der Waals surface area (Å²) in [6, 6.07) is 7.52. The van der Waals surface area contributed by atoms with Crippen LogP contribution < -0.4 is 0 Å². The van der Waals surface area contributed by atoms with Crippen LogP contribution in [0.5, 0.6) is 0 Å². The number of hydrogen-bond acceptors (Lipinski definition) is 2. The number of aromatic amines is 2. The molecule has 0 aliphatic rings. The van der Waals surface area contributed by atoms with Crippen molar-refractivity contribution in [2.75, 3.05) is 0 Å². The van der Waals surface area contributed by atoms with Gasteiger partial charge in [0.25, 0.3) is 0 Å². The number of hydrogen-bond donors (Lipinski definition) is 3. The van der Waals surface area contributed by atoms with Gasteiger partial charge in [0.1, 0.15) is 5.69 Å². The lowest BCUT2D eigenvalue weighted by Gasteiger charge is -1.96. The number of aryl methyl sites for hydroxylation is 1. The Morgan fingerprint density at radius 2 is 2.22 bits per heavy atom. The fourth-order valence-electron chi connectivity index (χ4n) is 2.09. The Balaban J connectivity index is 2.19. The Bertz CT molecular complexity index is 740. The van der Waals surface area contributed by atoms with Gasteiger partial charge in [-0.2, -0.15) is 5.10 Å². The normalized spacial score (nSPS) is 10.9. The number of aromatic nitrogens is 3. The second-order valence-electron chi connectivity index (χ2n) is 4.17. The van der Waals surface area contributed by atoms with Gasteiger partial charge in [0.05, 0.1) is 5.69 Å². The minimum absolute atomic E-state index is 0.0898. The minimum Gasteiger partial charge on any atom is -0.477 e. The number of benzene rings is 1. The number of carbonyl (C=O) groups is 1. The molecular weight excluding hydrogens is 230 g/mol. The number of nitrogens with one attached hydrogen (secondary N) is 2. The summed E-state index contributed by atoms with van der Waals surface area (Å²) >= 11 is 0. The maximum Gasteiger partial charge on any atom is 0.353 e. The first-order valence-corrected chi connectivity index (χ1v) is 5.52. The van der Waals surface area contributed by atoms with Gasteiger partial charge in [-0.05, 0) is 18.6 Å². The molecule has 5 nitrogen and oxygen atoms in total. The van der Waals surface area contributed by atoms with Gasteiger partial charge in [-0.15, -0.1) is 0 Å². The fourth-order valence-corrected chi connectivity index (χ4v) is 2.09. The second kappa shape index (κ2) is 3.73. The Morgan fingerprint density at radius 1 is 1.39 bits per heavy atom. The van der Waals surface area contributed by atoms with Crippen molar-refractivity contribution in [2.45, 2.75) is 6.92 Å². The number of carboxylic acid groups (broad SMARTS) is 1. The Kier molecular flexibility index (Phi) is 2.19. The van der Waals surface area contributed by atoms with E-state index in [1.807, 2.05) is 31.3 Å². The first-order valence-electron chi connectivity index (χ1n) is 5.52. The van der Waals surface area contributed by atoms with Crippen LogP contribution in [-0.4, -0.2) is 26.3 Å². The van der Waals surface area contributed by atoms with Crippen LogP contribution in [0.15, 0.2) is 30.5 Å². The van der Waals surface area contributed by atoms with Crippen LogP contribution >= 0.6 is 0 Å². The highest BCUT2D eigenvalue weighted by molar-refractivity contribution is 5.97. The average molecular weight is 241 g/mol. The largest absolute Gasteiger partial charge is 0.477 e. The topological polar surface area (TPSA) is 81.8 Å². The zero-order valence-electron chi connectivity index (χ0n) is 9.69. The quantitative estimate of drug-likeness (QED) is 0.644. The maximum atomic E-state index is 10.8. The number of rotatable bonds is 2. The van der Waals surface area contributed by atoms with Crippen molar-refractivity contribution >= 4 is 16.9 Å². The summed E-state index contributed by atoms with van der Waals surface area (Å²) in [5.41, 5.74) is 3.81. The summed E-state index contributed by atoms with van der Waals surface area (Å²) in [5, 5.41) is 16.5. The van der Waals surface area contributed by atoms with Gasteiger partial charge in [-0.3, -0.25) is 5.10 Å². The lowest BCUT2D eigenvalue weighted by Crippen LogP contribution is -1.95. The van der Waals surface area contributed by atoms with E-state index in [-0.39, 0.29) is 5.69 Å². The maximum absolute atomic E-state index is 10.8. The number of aromatic carboxylic acids is 1. The Labute approximate surface area is 102 Å². The van der Waals surface area contributed by atoms with Gasteiger partial charge >= 0.3 is 5.97 Å². The lowest BCUT2D eigenvalue weighted by atomic mass is 10.1. The number of carboxylic acids is 1. The molecule has 0 amide bonds. The van der Waals surface area contributed by atoms with E-state index in [4.69, 9.17) is 5.11 Å². The monoisotopic (exact) mass is 241 g/mol. The average Bonchev–Trinajstić information content (AvgIpc) is 2.94. The molecule has 0 atom stereocenters. The molecule has 0 aliphatic carbocycles. The molecule has 0 spiro atoms. The van der Waals surface area contributed by atoms with Crippen LogP contribution in [0.4, 0.5) is 0 Å². The number of fused-ring (bicyclic) bond motifs is 1. The SMILES string of the molecule is Cc1cccc2c(-c3cc(C(=O)O)[nH]n3)c[nH]c12. The minimum atomic E-state index is -1.01. The van der Waals surface area contributed by atoms with E-state index in [0.717, 1.165) is 22.0 Å². The van der Waals surface area contributed by atoms with Crippen LogP contribution in [0.1, 0.15) is 16.1 Å².